The van der Waals surface area contributed by atoms with E-state index < -0.39 is 5.97 Å². The SMILES string of the molecule is CCC(C)CC(=O)C(C)CCSCCC#CC#CC(=O)OP. The highest BCUT2D eigenvalue weighted by molar-refractivity contribution is 7.99. The van der Waals surface area contributed by atoms with Gasteiger partial charge in [0.1, 0.15) is 5.78 Å². The molecule has 0 radical (unpaired) electrons. The molecular formula is C17H25O3PS. The van der Waals surface area contributed by atoms with Crippen molar-refractivity contribution in [2.45, 2.75) is 46.5 Å². The Morgan fingerprint density at radius 1 is 1.23 bits per heavy atom. The highest BCUT2D eigenvalue weighted by atomic mass is 32.2. The average molecular weight is 340 g/mol. The van der Waals surface area contributed by atoms with Crippen molar-refractivity contribution in [3.8, 4) is 23.7 Å². The quantitative estimate of drug-likeness (QED) is 0.366. The second-order valence-corrected chi connectivity index (χ2v) is 6.65. The van der Waals surface area contributed by atoms with Crippen LogP contribution in [0.1, 0.15) is 46.5 Å². The monoisotopic (exact) mass is 340 g/mol. The van der Waals surface area contributed by atoms with Crippen LogP contribution in [0, 0.1) is 35.5 Å². The second kappa shape index (κ2) is 13.7. The minimum absolute atomic E-state index is 0.149. The van der Waals surface area contributed by atoms with Crippen molar-refractivity contribution >= 4 is 33.0 Å². The maximum atomic E-state index is 11.9. The Labute approximate surface area is 141 Å². The lowest BCUT2D eigenvalue weighted by molar-refractivity contribution is -0.127. The van der Waals surface area contributed by atoms with E-state index in [2.05, 4.69) is 42.1 Å². The molecule has 0 aromatic carbocycles. The summed E-state index contributed by atoms with van der Waals surface area (Å²) in [6, 6.07) is 0. The molecule has 0 spiro atoms. The summed E-state index contributed by atoms with van der Waals surface area (Å²) in [5.74, 6) is 12.5. The molecule has 0 aliphatic carbocycles. The number of Topliss-reactive ketones (excluding diaryl/α,β-unsaturated/α-hetero) is 1. The van der Waals surface area contributed by atoms with Gasteiger partial charge in [0.2, 0.25) is 0 Å². The number of hydrogen-bond donors (Lipinski definition) is 0. The molecule has 3 unspecified atom stereocenters. The smallest absolute Gasteiger partial charge is 0.387 e. The van der Waals surface area contributed by atoms with Gasteiger partial charge in [0, 0.05) is 30.4 Å². The zero-order valence-electron chi connectivity index (χ0n) is 13.6. The molecule has 0 saturated carbocycles. The van der Waals surface area contributed by atoms with Crippen LogP contribution < -0.4 is 0 Å². The first-order valence-electron chi connectivity index (χ1n) is 7.51. The molecule has 0 saturated heterocycles. The Morgan fingerprint density at radius 2 is 1.95 bits per heavy atom. The Hall–Kier alpha value is -0.960. The van der Waals surface area contributed by atoms with Crippen LogP contribution in [0.2, 0.25) is 0 Å². The van der Waals surface area contributed by atoms with Gasteiger partial charge in [0.15, 0.2) is 0 Å². The maximum absolute atomic E-state index is 11.9. The molecule has 0 aromatic rings. The van der Waals surface area contributed by atoms with E-state index in [4.69, 9.17) is 0 Å². The molecule has 122 valence electrons. The number of ketones is 1. The summed E-state index contributed by atoms with van der Waals surface area (Å²) in [5.41, 5.74) is 0. The third kappa shape index (κ3) is 11.7. The third-order valence-electron chi connectivity index (χ3n) is 3.29. The Balaban J connectivity index is 3.72. The largest absolute Gasteiger partial charge is 0.442 e. The van der Waals surface area contributed by atoms with Gasteiger partial charge in [-0.05, 0) is 29.9 Å². The van der Waals surface area contributed by atoms with Crippen molar-refractivity contribution in [2.24, 2.45) is 11.8 Å². The Morgan fingerprint density at radius 3 is 2.59 bits per heavy atom. The number of carbonyl (C=O) groups excluding carboxylic acids is 2. The fraction of sp³-hybridized carbons (Fsp3) is 0.647. The van der Waals surface area contributed by atoms with Gasteiger partial charge >= 0.3 is 5.97 Å². The molecule has 0 fully saturated rings. The highest BCUT2D eigenvalue weighted by Crippen LogP contribution is 2.16. The Kier molecular flexibility index (Phi) is 13.1. The van der Waals surface area contributed by atoms with E-state index in [-0.39, 0.29) is 5.92 Å². The predicted molar refractivity (Wildman–Crippen MR) is 96.2 cm³/mol. The molecular weight excluding hydrogens is 315 g/mol. The second-order valence-electron chi connectivity index (χ2n) is 5.19. The molecule has 0 bridgehead atoms. The van der Waals surface area contributed by atoms with Crippen molar-refractivity contribution < 1.29 is 14.1 Å². The molecule has 0 heterocycles. The third-order valence-corrected chi connectivity index (χ3v) is 4.52. The van der Waals surface area contributed by atoms with Gasteiger partial charge in [-0.1, -0.05) is 33.1 Å². The van der Waals surface area contributed by atoms with E-state index >= 15 is 0 Å². The van der Waals surface area contributed by atoms with Crippen LogP contribution in [0.4, 0.5) is 0 Å². The molecule has 5 heteroatoms. The predicted octanol–water partition coefficient (Wildman–Crippen LogP) is 3.48. The fourth-order valence-electron chi connectivity index (χ4n) is 1.55. The zero-order chi connectivity index (χ0) is 16.8. The van der Waals surface area contributed by atoms with Crippen LogP contribution in [0.3, 0.4) is 0 Å². The normalized spacial score (nSPS) is 12.2. The van der Waals surface area contributed by atoms with E-state index in [0.29, 0.717) is 18.1 Å². The lowest BCUT2D eigenvalue weighted by atomic mass is 9.94. The Bertz CT molecular complexity index is 468. The van der Waals surface area contributed by atoms with Crippen molar-refractivity contribution in [3.05, 3.63) is 0 Å². The van der Waals surface area contributed by atoms with Gasteiger partial charge in [0.05, 0.1) is 9.47 Å². The van der Waals surface area contributed by atoms with Gasteiger partial charge in [-0.3, -0.25) is 4.79 Å². The summed E-state index contributed by atoms with van der Waals surface area (Å²) in [4.78, 5) is 22.6. The van der Waals surface area contributed by atoms with E-state index in [1.165, 1.54) is 0 Å². The molecule has 0 N–H and O–H groups in total. The standard InChI is InChI=1S/C17H25O3PS/c1-4-14(2)13-16(18)15(3)10-12-22-11-8-6-5-7-9-17(19)20-21/h14-15H,4,8,10-13,21H2,1-3H3. The summed E-state index contributed by atoms with van der Waals surface area (Å²) in [6.45, 7) is 6.26. The van der Waals surface area contributed by atoms with E-state index in [1.54, 1.807) is 11.8 Å². The summed E-state index contributed by atoms with van der Waals surface area (Å²) in [7, 11) is 1.84. The lowest BCUT2D eigenvalue weighted by Crippen LogP contribution is -2.14. The van der Waals surface area contributed by atoms with Crippen LogP contribution in [-0.4, -0.2) is 23.3 Å². The maximum Gasteiger partial charge on any atom is 0.387 e. The first kappa shape index (κ1) is 21.0. The molecule has 0 rings (SSSR count). The molecule has 0 aliphatic rings. The lowest BCUT2D eigenvalue weighted by Gasteiger charge is -2.13. The van der Waals surface area contributed by atoms with E-state index in [9.17, 15) is 9.59 Å². The summed E-state index contributed by atoms with van der Waals surface area (Å²) in [5, 5.41) is 0. The van der Waals surface area contributed by atoms with E-state index in [0.717, 1.165) is 30.8 Å². The number of thioether (sulfide) groups is 1. The number of carbonyl (C=O) groups is 2. The van der Waals surface area contributed by atoms with Crippen LogP contribution >= 0.6 is 21.2 Å². The van der Waals surface area contributed by atoms with Crippen molar-refractivity contribution in [1.29, 1.82) is 0 Å². The molecule has 0 aromatic heterocycles. The fourth-order valence-corrected chi connectivity index (χ4v) is 2.58. The minimum atomic E-state index is -0.607. The molecule has 0 aliphatic heterocycles. The summed E-state index contributed by atoms with van der Waals surface area (Å²) >= 11 is 1.79. The average Bonchev–Trinajstić information content (AvgIpc) is 2.52. The molecule has 22 heavy (non-hydrogen) atoms. The highest BCUT2D eigenvalue weighted by Gasteiger charge is 2.14. The van der Waals surface area contributed by atoms with Gasteiger partial charge in [-0.25, -0.2) is 4.79 Å². The van der Waals surface area contributed by atoms with Gasteiger partial charge in [-0.15, -0.1) is 0 Å². The molecule has 3 nitrogen and oxygen atoms in total. The van der Waals surface area contributed by atoms with Crippen LogP contribution in [0.5, 0.6) is 0 Å². The van der Waals surface area contributed by atoms with Gasteiger partial charge in [0.25, 0.3) is 0 Å². The van der Waals surface area contributed by atoms with E-state index in [1.807, 2.05) is 16.4 Å². The summed E-state index contributed by atoms with van der Waals surface area (Å²) < 4.78 is 4.29. The first-order chi connectivity index (χ1) is 10.5. The first-order valence-corrected chi connectivity index (χ1v) is 9.13. The summed E-state index contributed by atoms with van der Waals surface area (Å²) in [6.07, 6.45) is 3.41. The zero-order valence-corrected chi connectivity index (χ0v) is 15.6. The van der Waals surface area contributed by atoms with Crippen molar-refractivity contribution in [2.75, 3.05) is 11.5 Å². The van der Waals surface area contributed by atoms with Crippen LogP contribution in [-0.2, 0) is 14.1 Å². The topological polar surface area (TPSA) is 43.4 Å². The number of hydrogen-bond acceptors (Lipinski definition) is 4. The van der Waals surface area contributed by atoms with Crippen molar-refractivity contribution in [1.82, 2.24) is 0 Å². The van der Waals surface area contributed by atoms with Gasteiger partial charge < -0.3 is 4.52 Å². The van der Waals surface area contributed by atoms with Gasteiger partial charge in [-0.2, -0.15) is 11.8 Å². The molecule has 3 atom stereocenters. The van der Waals surface area contributed by atoms with Crippen LogP contribution in [0.25, 0.3) is 0 Å². The minimum Gasteiger partial charge on any atom is -0.442 e. The van der Waals surface area contributed by atoms with Crippen LogP contribution in [0.15, 0.2) is 0 Å². The van der Waals surface area contributed by atoms with Crippen molar-refractivity contribution in [3.63, 3.8) is 0 Å². The number of rotatable bonds is 9. The molecule has 0 amide bonds.